The molecule has 110 valence electrons. The van der Waals surface area contributed by atoms with Crippen molar-refractivity contribution < 1.29 is 9.85 Å². The van der Waals surface area contributed by atoms with Crippen LogP contribution in [0.3, 0.4) is 0 Å². The molecular formula is C12H13N5O4. The van der Waals surface area contributed by atoms with Crippen molar-refractivity contribution >= 4 is 17.1 Å². The number of benzene rings is 1. The molecule has 2 aromatic rings. The van der Waals surface area contributed by atoms with Crippen LogP contribution >= 0.6 is 0 Å². The molecule has 0 amide bonds. The third-order valence-electron chi connectivity index (χ3n) is 2.84. The van der Waals surface area contributed by atoms with Gasteiger partial charge in [-0.25, -0.2) is 0 Å². The highest BCUT2D eigenvalue weighted by Crippen LogP contribution is 2.28. The van der Waals surface area contributed by atoms with E-state index < -0.39 is 9.85 Å². The lowest BCUT2D eigenvalue weighted by molar-refractivity contribution is -0.385. The van der Waals surface area contributed by atoms with Crippen LogP contribution < -0.4 is 5.32 Å². The number of nitro groups is 2. The van der Waals surface area contributed by atoms with Gasteiger partial charge in [-0.15, -0.1) is 0 Å². The van der Waals surface area contributed by atoms with Gasteiger partial charge in [0.2, 0.25) is 0 Å². The van der Waals surface area contributed by atoms with Crippen molar-refractivity contribution in [3.63, 3.8) is 0 Å². The summed E-state index contributed by atoms with van der Waals surface area (Å²) in [6.45, 7) is 2.56. The highest BCUT2D eigenvalue weighted by Gasteiger charge is 2.18. The minimum Gasteiger partial charge on any atom is -0.379 e. The van der Waals surface area contributed by atoms with E-state index in [1.807, 2.05) is 6.92 Å². The van der Waals surface area contributed by atoms with E-state index in [9.17, 15) is 20.2 Å². The van der Waals surface area contributed by atoms with Crippen LogP contribution in [0, 0.1) is 20.2 Å². The van der Waals surface area contributed by atoms with Crippen LogP contribution in [0.4, 0.5) is 17.1 Å². The zero-order valence-corrected chi connectivity index (χ0v) is 11.2. The number of hydrogen-bond acceptors (Lipinski definition) is 6. The first-order chi connectivity index (χ1) is 10.0. The van der Waals surface area contributed by atoms with E-state index in [4.69, 9.17) is 0 Å². The van der Waals surface area contributed by atoms with Gasteiger partial charge < -0.3 is 5.32 Å². The molecule has 0 aliphatic carbocycles. The maximum absolute atomic E-state index is 11.0. The summed E-state index contributed by atoms with van der Waals surface area (Å²) in [4.78, 5) is 20.7. The van der Waals surface area contributed by atoms with Crippen molar-refractivity contribution in [3.8, 4) is 0 Å². The topological polar surface area (TPSA) is 116 Å². The second kappa shape index (κ2) is 5.99. The molecule has 1 aromatic carbocycles. The number of anilines is 1. The lowest BCUT2D eigenvalue weighted by atomic mass is 10.1. The molecule has 0 atom stereocenters. The van der Waals surface area contributed by atoms with Gasteiger partial charge in [0.25, 0.3) is 5.69 Å². The molecule has 1 N–H and O–H groups in total. The number of nitrogens with one attached hydrogen (secondary N) is 1. The summed E-state index contributed by atoms with van der Waals surface area (Å²) in [6, 6.07) is 4.71. The summed E-state index contributed by atoms with van der Waals surface area (Å²) in [5.74, 6) is 0. The third-order valence-corrected chi connectivity index (χ3v) is 2.84. The molecule has 0 aliphatic rings. The highest BCUT2D eigenvalue weighted by atomic mass is 16.6. The molecule has 0 aliphatic heterocycles. The largest absolute Gasteiger partial charge is 0.379 e. The van der Waals surface area contributed by atoms with Crippen molar-refractivity contribution in [2.45, 2.75) is 13.5 Å². The summed E-state index contributed by atoms with van der Waals surface area (Å²) in [5.41, 5.74) is 0.897. The van der Waals surface area contributed by atoms with Gasteiger partial charge in [0.1, 0.15) is 18.1 Å². The van der Waals surface area contributed by atoms with E-state index in [1.54, 1.807) is 12.1 Å². The van der Waals surface area contributed by atoms with Crippen molar-refractivity contribution in [2.75, 3.05) is 11.9 Å². The van der Waals surface area contributed by atoms with E-state index in [-0.39, 0.29) is 17.9 Å². The molecular weight excluding hydrogens is 278 g/mol. The number of rotatable bonds is 6. The van der Waals surface area contributed by atoms with Gasteiger partial charge in [-0.05, 0) is 6.92 Å². The molecule has 0 spiro atoms. The Labute approximate surface area is 119 Å². The van der Waals surface area contributed by atoms with E-state index in [0.29, 0.717) is 17.8 Å². The number of para-hydroxylation sites is 1. The Hall–Kier alpha value is -2.97. The molecule has 1 aromatic heterocycles. The fourth-order valence-corrected chi connectivity index (χ4v) is 1.96. The van der Waals surface area contributed by atoms with Crippen LogP contribution in [-0.2, 0) is 6.54 Å². The zero-order valence-electron chi connectivity index (χ0n) is 11.2. The lowest BCUT2D eigenvalue weighted by Gasteiger charge is -2.11. The van der Waals surface area contributed by atoms with Gasteiger partial charge >= 0.3 is 5.69 Å². The first-order valence-corrected chi connectivity index (χ1v) is 6.20. The Morgan fingerprint density at radius 2 is 2.05 bits per heavy atom. The van der Waals surface area contributed by atoms with Crippen LogP contribution in [0.2, 0.25) is 0 Å². The minimum atomic E-state index is -0.540. The molecule has 0 saturated heterocycles. The fraction of sp³-hybridized carbons (Fsp3) is 0.250. The van der Waals surface area contributed by atoms with Crippen LogP contribution in [0.5, 0.6) is 0 Å². The summed E-state index contributed by atoms with van der Waals surface area (Å²) in [7, 11) is 0. The van der Waals surface area contributed by atoms with E-state index in [1.165, 1.54) is 16.9 Å². The van der Waals surface area contributed by atoms with Crippen LogP contribution in [0.1, 0.15) is 12.5 Å². The fourth-order valence-electron chi connectivity index (χ4n) is 1.96. The monoisotopic (exact) mass is 291 g/mol. The van der Waals surface area contributed by atoms with Gasteiger partial charge in [0.15, 0.2) is 0 Å². The van der Waals surface area contributed by atoms with Crippen molar-refractivity contribution in [3.05, 3.63) is 56.4 Å². The molecule has 0 radical (unpaired) electrons. The molecule has 0 bridgehead atoms. The predicted molar refractivity (Wildman–Crippen MR) is 75.2 cm³/mol. The summed E-state index contributed by atoms with van der Waals surface area (Å²) in [5, 5.41) is 28.5. The van der Waals surface area contributed by atoms with Gasteiger partial charge in [-0.1, -0.05) is 12.1 Å². The van der Waals surface area contributed by atoms with Crippen LogP contribution in [0.15, 0.2) is 30.6 Å². The Morgan fingerprint density at radius 3 is 2.62 bits per heavy atom. The quantitative estimate of drug-likeness (QED) is 0.644. The first-order valence-electron chi connectivity index (χ1n) is 6.20. The summed E-state index contributed by atoms with van der Waals surface area (Å²) in [6.07, 6.45) is 2.43. The molecule has 9 nitrogen and oxygen atoms in total. The van der Waals surface area contributed by atoms with Gasteiger partial charge in [-0.2, -0.15) is 5.10 Å². The Morgan fingerprint density at radius 1 is 1.29 bits per heavy atom. The molecule has 0 unspecified atom stereocenters. The molecule has 9 heteroatoms. The van der Waals surface area contributed by atoms with Crippen molar-refractivity contribution in [2.24, 2.45) is 0 Å². The van der Waals surface area contributed by atoms with E-state index >= 15 is 0 Å². The number of nitrogens with zero attached hydrogens (tertiary/aromatic N) is 4. The number of hydrogen-bond donors (Lipinski definition) is 1. The summed E-state index contributed by atoms with van der Waals surface area (Å²) < 4.78 is 1.37. The van der Waals surface area contributed by atoms with Crippen molar-refractivity contribution in [1.82, 2.24) is 9.78 Å². The van der Waals surface area contributed by atoms with E-state index in [2.05, 4.69) is 10.4 Å². The Bertz CT molecular complexity index is 682. The molecule has 0 saturated carbocycles. The van der Waals surface area contributed by atoms with Crippen LogP contribution in [-0.4, -0.2) is 26.2 Å². The van der Waals surface area contributed by atoms with Gasteiger partial charge in [0, 0.05) is 18.2 Å². The Balaban J connectivity index is 2.36. The predicted octanol–water partition coefficient (Wildman–Crippen LogP) is 2.18. The first kappa shape index (κ1) is 14.4. The maximum atomic E-state index is 11.0. The molecule has 0 fully saturated rings. The SMILES string of the molecule is CCNc1c(Cn2cc([N+](=O)[O-])cn2)cccc1[N+](=O)[O-]. The Kier molecular flexibility index (Phi) is 4.12. The average molecular weight is 291 g/mol. The maximum Gasteiger partial charge on any atom is 0.307 e. The number of nitro benzene ring substituents is 1. The van der Waals surface area contributed by atoms with Crippen LogP contribution in [0.25, 0.3) is 0 Å². The third kappa shape index (κ3) is 3.14. The van der Waals surface area contributed by atoms with E-state index in [0.717, 1.165) is 6.20 Å². The second-order valence-corrected chi connectivity index (χ2v) is 4.25. The normalized spacial score (nSPS) is 10.3. The number of aromatic nitrogens is 2. The highest BCUT2D eigenvalue weighted by molar-refractivity contribution is 5.66. The summed E-state index contributed by atoms with van der Waals surface area (Å²) >= 11 is 0. The standard InChI is InChI=1S/C12H13N5O4/c1-2-13-12-9(4-3-5-11(12)17(20)21)7-15-8-10(6-14-15)16(18)19/h3-6,8,13H,2,7H2,1H3. The zero-order chi connectivity index (χ0) is 15.4. The molecule has 1 heterocycles. The minimum absolute atomic E-state index is 0.0315. The molecule has 2 rings (SSSR count). The van der Waals surface area contributed by atoms with Crippen molar-refractivity contribution in [1.29, 1.82) is 0 Å². The molecule has 21 heavy (non-hydrogen) atoms. The average Bonchev–Trinajstić information content (AvgIpc) is 2.89. The van der Waals surface area contributed by atoms with Gasteiger partial charge in [0.05, 0.1) is 16.4 Å². The van der Waals surface area contributed by atoms with Gasteiger partial charge in [-0.3, -0.25) is 24.9 Å². The smallest absolute Gasteiger partial charge is 0.307 e. The lowest BCUT2D eigenvalue weighted by Crippen LogP contribution is -2.08. The second-order valence-electron chi connectivity index (χ2n) is 4.25.